The van der Waals surface area contributed by atoms with Crippen LogP contribution in [0.3, 0.4) is 0 Å². The predicted molar refractivity (Wildman–Crippen MR) is 72.9 cm³/mol. The second-order valence-electron chi connectivity index (χ2n) is 4.84. The van der Waals surface area contributed by atoms with E-state index in [2.05, 4.69) is 20.7 Å². The van der Waals surface area contributed by atoms with Gasteiger partial charge in [-0.3, -0.25) is 10.1 Å². The van der Waals surface area contributed by atoms with Gasteiger partial charge in [0.15, 0.2) is 0 Å². The van der Waals surface area contributed by atoms with E-state index in [4.69, 9.17) is 5.84 Å². The summed E-state index contributed by atoms with van der Waals surface area (Å²) in [5, 5.41) is 23.3. The summed E-state index contributed by atoms with van der Waals surface area (Å²) in [5.74, 6) is 5.87. The Kier molecular flexibility index (Phi) is 4.64. The zero-order chi connectivity index (χ0) is 14.5. The third-order valence-electron chi connectivity index (χ3n) is 3.72. The van der Waals surface area contributed by atoms with Crippen molar-refractivity contribution in [3.05, 3.63) is 16.4 Å². The van der Waals surface area contributed by atoms with Crippen LogP contribution in [0.4, 0.5) is 17.3 Å². The molecule has 0 saturated heterocycles. The highest BCUT2D eigenvalue weighted by atomic mass is 16.6. The molecule has 9 heteroatoms. The van der Waals surface area contributed by atoms with E-state index < -0.39 is 4.92 Å². The molecule has 1 aliphatic carbocycles. The van der Waals surface area contributed by atoms with Gasteiger partial charge in [-0.15, -0.1) is 0 Å². The lowest BCUT2D eigenvalue weighted by atomic mass is 9.97. The van der Waals surface area contributed by atoms with Crippen molar-refractivity contribution in [2.75, 3.05) is 23.9 Å². The van der Waals surface area contributed by atoms with Crippen molar-refractivity contribution in [1.82, 2.24) is 9.97 Å². The number of aliphatic hydroxyl groups excluding tert-OH is 1. The summed E-state index contributed by atoms with van der Waals surface area (Å²) < 4.78 is 0. The van der Waals surface area contributed by atoms with E-state index in [1.807, 2.05) is 0 Å². The zero-order valence-corrected chi connectivity index (χ0v) is 11.0. The largest absolute Gasteiger partial charge is 0.396 e. The Balaban J connectivity index is 2.11. The van der Waals surface area contributed by atoms with E-state index in [-0.39, 0.29) is 29.8 Å². The lowest BCUT2D eigenvalue weighted by Gasteiger charge is -2.18. The Morgan fingerprint density at radius 3 is 2.75 bits per heavy atom. The highest BCUT2D eigenvalue weighted by molar-refractivity contribution is 5.68. The van der Waals surface area contributed by atoms with Gasteiger partial charge in [0.25, 0.3) is 0 Å². The number of anilines is 2. The standard InChI is InChI=1S/C11H18N6O3/c12-16-11-9(17(19)20)10(14-6-15-11)13-4-7-2-1-3-8(7)5-18/h6-8,18H,1-5,12H2,(H2,13,14,15,16). The molecule has 1 aromatic heterocycles. The molecule has 9 nitrogen and oxygen atoms in total. The van der Waals surface area contributed by atoms with Crippen LogP contribution in [-0.2, 0) is 0 Å². The molecule has 2 atom stereocenters. The average molecular weight is 282 g/mol. The molecular weight excluding hydrogens is 264 g/mol. The van der Waals surface area contributed by atoms with Crippen LogP contribution < -0.4 is 16.6 Å². The number of aliphatic hydroxyl groups is 1. The molecule has 0 bridgehead atoms. The summed E-state index contributed by atoms with van der Waals surface area (Å²) in [6, 6.07) is 0. The van der Waals surface area contributed by atoms with Gasteiger partial charge >= 0.3 is 5.69 Å². The van der Waals surface area contributed by atoms with Gasteiger partial charge in [-0.05, 0) is 24.7 Å². The Hall–Kier alpha value is -2.00. The first-order valence-electron chi connectivity index (χ1n) is 6.48. The Morgan fingerprint density at radius 2 is 2.10 bits per heavy atom. The first kappa shape index (κ1) is 14.4. The second-order valence-corrected chi connectivity index (χ2v) is 4.84. The van der Waals surface area contributed by atoms with Crippen molar-refractivity contribution in [1.29, 1.82) is 0 Å². The maximum Gasteiger partial charge on any atom is 0.354 e. The van der Waals surface area contributed by atoms with Crippen molar-refractivity contribution >= 4 is 17.3 Å². The second kappa shape index (κ2) is 6.44. The number of nitrogens with two attached hydrogens (primary N) is 1. The van der Waals surface area contributed by atoms with Crippen LogP contribution in [0.5, 0.6) is 0 Å². The highest BCUT2D eigenvalue weighted by Crippen LogP contribution is 2.33. The summed E-state index contributed by atoms with van der Waals surface area (Å²) in [6.07, 6.45) is 4.27. The van der Waals surface area contributed by atoms with Crippen molar-refractivity contribution in [3.8, 4) is 0 Å². The van der Waals surface area contributed by atoms with Crippen LogP contribution in [0.2, 0.25) is 0 Å². The lowest BCUT2D eigenvalue weighted by Crippen LogP contribution is -2.22. The normalized spacial score (nSPS) is 21.7. The molecule has 0 aliphatic heterocycles. The number of nitrogens with one attached hydrogen (secondary N) is 2. The fourth-order valence-electron chi connectivity index (χ4n) is 2.64. The fraction of sp³-hybridized carbons (Fsp3) is 0.636. The summed E-state index contributed by atoms with van der Waals surface area (Å²) in [5.41, 5.74) is 1.92. The molecule has 1 fully saturated rings. The quantitative estimate of drug-likeness (QED) is 0.336. The number of hydrogen-bond acceptors (Lipinski definition) is 8. The van der Waals surface area contributed by atoms with E-state index in [1.165, 1.54) is 6.33 Å². The molecule has 1 heterocycles. The third-order valence-corrected chi connectivity index (χ3v) is 3.72. The van der Waals surface area contributed by atoms with Gasteiger partial charge in [0.2, 0.25) is 11.6 Å². The van der Waals surface area contributed by atoms with Gasteiger partial charge in [0, 0.05) is 13.2 Å². The van der Waals surface area contributed by atoms with E-state index >= 15 is 0 Å². The minimum absolute atomic E-state index is 0.0300. The van der Waals surface area contributed by atoms with Crippen molar-refractivity contribution in [2.45, 2.75) is 19.3 Å². The van der Waals surface area contributed by atoms with E-state index in [0.29, 0.717) is 12.5 Å². The van der Waals surface area contributed by atoms with Gasteiger partial charge in [-0.25, -0.2) is 15.8 Å². The van der Waals surface area contributed by atoms with Gasteiger partial charge in [-0.1, -0.05) is 6.42 Å². The van der Waals surface area contributed by atoms with Gasteiger partial charge in [0.1, 0.15) is 6.33 Å². The van der Waals surface area contributed by atoms with Crippen LogP contribution in [-0.4, -0.2) is 33.1 Å². The Labute approximate surface area is 115 Å². The molecule has 1 saturated carbocycles. The molecule has 1 aliphatic rings. The number of nitrogens with zero attached hydrogens (tertiary/aromatic N) is 3. The monoisotopic (exact) mass is 282 g/mol. The number of hydrazine groups is 1. The van der Waals surface area contributed by atoms with Crippen molar-refractivity contribution in [2.24, 2.45) is 17.7 Å². The van der Waals surface area contributed by atoms with E-state index in [9.17, 15) is 15.2 Å². The predicted octanol–water partition coefficient (Wildman–Crippen LogP) is 0.491. The minimum Gasteiger partial charge on any atom is -0.396 e. The fourth-order valence-corrected chi connectivity index (χ4v) is 2.64. The molecule has 2 unspecified atom stereocenters. The van der Waals surface area contributed by atoms with Crippen molar-refractivity contribution < 1.29 is 10.0 Å². The topological polar surface area (TPSA) is 139 Å². The SMILES string of the molecule is NNc1ncnc(NCC2CCCC2CO)c1[N+](=O)[O-]. The molecule has 2 rings (SSSR count). The number of nitro groups is 1. The zero-order valence-electron chi connectivity index (χ0n) is 11.0. The van der Waals surface area contributed by atoms with Crippen LogP contribution in [0.1, 0.15) is 19.3 Å². The first-order chi connectivity index (χ1) is 9.67. The maximum atomic E-state index is 11.1. The van der Waals surface area contributed by atoms with Crippen LogP contribution >= 0.6 is 0 Å². The summed E-state index contributed by atoms with van der Waals surface area (Å²) in [7, 11) is 0. The van der Waals surface area contributed by atoms with E-state index in [0.717, 1.165) is 19.3 Å². The maximum absolute atomic E-state index is 11.1. The van der Waals surface area contributed by atoms with Gasteiger partial charge in [-0.2, -0.15) is 0 Å². The number of hydrogen-bond donors (Lipinski definition) is 4. The summed E-state index contributed by atoms with van der Waals surface area (Å²) >= 11 is 0. The number of rotatable bonds is 6. The van der Waals surface area contributed by atoms with Crippen LogP contribution in [0.25, 0.3) is 0 Å². The molecule has 5 N–H and O–H groups in total. The lowest BCUT2D eigenvalue weighted by molar-refractivity contribution is -0.383. The van der Waals surface area contributed by atoms with E-state index in [1.54, 1.807) is 0 Å². The molecule has 20 heavy (non-hydrogen) atoms. The molecular formula is C11H18N6O3. The molecule has 110 valence electrons. The van der Waals surface area contributed by atoms with Crippen LogP contribution in [0, 0.1) is 22.0 Å². The summed E-state index contributed by atoms with van der Waals surface area (Å²) in [6.45, 7) is 0.681. The number of nitrogen functional groups attached to an aromatic ring is 1. The van der Waals surface area contributed by atoms with Crippen LogP contribution in [0.15, 0.2) is 6.33 Å². The molecule has 1 aromatic rings. The molecule has 0 spiro atoms. The smallest absolute Gasteiger partial charge is 0.354 e. The molecule has 0 amide bonds. The van der Waals surface area contributed by atoms with Crippen molar-refractivity contribution in [3.63, 3.8) is 0 Å². The third kappa shape index (κ3) is 2.94. The minimum atomic E-state index is -0.574. The Morgan fingerprint density at radius 1 is 1.40 bits per heavy atom. The van der Waals surface area contributed by atoms with Gasteiger partial charge in [0.05, 0.1) is 4.92 Å². The summed E-state index contributed by atoms with van der Waals surface area (Å²) in [4.78, 5) is 18.1. The molecule has 0 radical (unpaired) electrons. The molecule has 0 aromatic carbocycles. The average Bonchev–Trinajstić information content (AvgIpc) is 2.91. The Bertz CT molecular complexity index is 483. The van der Waals surface area contributed by atoms with Gasteiger partial charge < -0.3 is 15.8 Å². The number of aromatic nitrogens is 2. The first-order valence-corrected chi connectivity index (χ1v) is 6.48. The highest BCUT2D eigenvalue weighted by Gasteiger charge is 2.28.